The van der Waals surface area contributed by atoms with Crippen molar-refractivity contribution >= 4 is 28.8 Å². The number of nitrogens with one attached hydrogen (secondary N) is 1. The predicted octanol–water partition coefficient (Wildman–Crippen LogP) is 3.97. The number of aromatic nitrogens is 1. The molecule has 0 spiro atoms. The Bertz CT molecular complexity index is 468. The molecule has 0 saturated heterocycles. The Hall–Kier alpha value is -1.06. The maximum atomic E-state index is 5.88. The predicted molar refractivity (Wildman–Crippen MR) is 70.3 cm³/mol. The van der Waals surface area contributed by atoms with Crippen LogP contribution >= 0.6 is 22.9 Å². The zero-order chi connectivity index (χ0) is 11.4. The molecule has 2 heterocycles. The summed E-state index contributed by atoms with van der Waals surface area (Å²) < 4.78 is 0.827. The molecule has 0 aromatic carbocycles. The highest BCUT2D eigenvalue weighted by molar-refractivity contribution is 7.16. The second-order valence-electron chi connectivity index (χ2n) is 3.42. The van der Waals surface area contributed by atoms with Crippen LogP contribution in [0.5, 0.6) is 0 Å². The van der Waals surface area contributed by atoms with Crippen LogP contribution in [0.1, 0.15) is 17.4 Å². The molecule has 0 aliphatic heterocycles. The van der Waals surface area contributed by atoms with Gasteiger partial charge in [-0.2, -0.15) is 0 Å². The maximum Gasteiger partial charge on any atom is 0.129 e. The number of pyridine rings is 1. The van der Waals surface area contributed by atoms with E-state index >= 15 is 0 Å². The van der Waals surface area contributed by atoms with Crippen molar-refractivity contribution in [3.8, 4) is 0 Å². The van der Waals surface area contributed by atoms with Gasteiger partial charge in [0.1, 0.15) is 5.82 Å². The van der Waals surface area contributed by atoms with Crippen LogP contribution in [0.3, 0.4) is 0 Å². The lowest BCUT2D eigenvalue weighted by Crippen LogP contribution is -2.02. The van der Waals surface area contributed by atoms with Crippen LogP contribution in [0, 0.1) is 0 Å². The van der Waals surface area contributed by atoms with E-state index in [1.54, 1.807) is 11.3 Å². The van der Waals surface area contributed by atoms with Crippen molar-refractivity contribution < 1.29 is 0 Å². The van der Waals surface area contributed by atoms with Crippen molar-refractivity contribution in [2.75, 3.05) is 5.32 Å². The number of thiophene rings is 1. The summed E-state index contributed by atoms with van der Waals surface area (Å²) >= 11 is 7.47. The summed E-state index contributed by atoms with van der Waals surface area (Å²) in [4.78, 5) is 5.55. The molecule has 0 amide bonds. The third-order valence-corrected chi connectivity index (χ3v) is 3.56. The smallest absolute Gasteiger partial charge is 0.129 e. The first kappa shape index (κ1) is 11.4. The largest absolute Gasteiger partial charge is 0.365 e. The van der Waals surface area contributed by atoms with Crippen molar-refractivity contribution in [3.05, 3.63) is 45.2 Å². The van der Waals surface area contributed by atoms with E-state index in [0.717, 1.165) is 23.1 Å². The Morgan fingerprint density at radius 2 is 2.25 bits per heavy atom. The number of rotatable bonds is 4. The Kier molecular flexibility index (Phi) is 3.80. The fourth-order valence-electron chi connectivity index (χ4n) is 1.50. The van der Waals surface area contributed by atoms with Crippen molar-refractivity contribution in [2.24, 2.45) is 0 Å². The van der Waals surface area contributed by atoms with Gasteiger partial charge in [0.15, 0.2) is 0 Å². The molecule has 2 aromatic heterocycles. The highest BCUT2D eigenvalue weighted by atomic mass is 35.5. The number of hydrogen-bond acceptors (Lipinski definition) is 3. The van der Waals surface area contributed by atoms with Crippen molar-refractivity contribution in [1.29, 1.82) is 0 Å². The highest BCUT2D eigenvalue weighted by Crippen LogP contribution is 2.22. The minimum absolute atomic E-state index is 0.779. The molecule has 0 fully saturated rings. The van der Waals surface area contributed by atoms with Gasteiger partial charge in [0.25, 0.3) is 0 Å². The molecule has 0 aliphatic rings. The number of anilines is 1. The SMILES string of the molecule is CCc1cccnc1NCc1ccc(Cl)s1. The lowest BCUT2D eigenvalue weighted by atomic mass is 10.2. The van der Waals surface area contributed by atoms with E-state index in [1.807, 2.05) is 24.4 Å². The normalized spacial score (nSPS) is 10.4. The van der Waals surface area contributed by atoms with Gasteiger partial charge >= 0.3 is 0 Å². The summed E-state index contributed by atoms with van der Waals surface area (Å²) in [5, 5.41) is 3.33. The average Bonchev–Trinajstić information content (AvgIpc) is 2.73. The minimum atomic E-state index is 0.779. The van der Waals surface area contributed by atoms with Gasteiger partial charge in [-0.3, -0.25) is 0 Å². The summed E-state index contributed by atoms with van der Waals surface area (Å²) in [6.07, 6.45) is 2.80. The Morgan fingerprint density at radius 1 is 1.38 bits per heavy atom. The van der Waals surface area contributed by atoms with Gasteiger partial charge in [-0.25, -0.2) is 4.98 Å². The molecule has 84 valence electrons. The first-order chi connectivity index (χ1) is 7.79. The van der Waals surface area contributed by atoms with Crippen LogP contribution in [0.15, 0.2) is 30.5 Å². The van der Waals surface area contributed by atoms with E-state index in [4.69, 9.17) is 11.6 Å². The molecule has 0 saturated carbocycles. The van der Waals surface area contributed by atoms with E-state index in [9.17, 15) is 0 Å². The summed E-state index contributed by atoms with van der Waals surface area (Å²) in [6, 6.07) is 8.01. The van der Waals surface area contributed by atoms with Gasteiger partial charge in [0, 0.05) is 11.1 Å². The van der Waals surface area contributed by atoms with Crippen molar-refractivity contribution in [2.45, 2.75) is 19.9 Å². The van der Waals surface area contributed by atoms with E-state index in [2.05, 4.69) is 23.3 Å². The van der Waals surface area contributed by atoms with Crippen LogP contribution in [0.25, 0.3) is 0 Å². The Balaban J connectivity index is 2.04. The monoisotopic (exact) mass is 252 g/mol. The molecular weight excluding hydrogens is 240 g/mol. The molecule has 0 aliphatic carbocycles. The lowest BCUT2D eigenvalue weighted by molar-refractivity contribution is 1.06. The van der Waals surface area contributed by atoms with Crippen LogP contribution in [-0.4, -0.2) is 4.98 Å². The van der Waals surface area contributed by atoms with Gasteiger partial charge in [-0.05, 0) is 30.2 Å². The van der Waals surface area contributed by atoms with E-state index in [1.165, 1.54) is 10.4 Å². The molecule has 2 rings (SSSR count). The topological polar surface area (TPSA) is 24.9 Å². The number of hydrogen-bond donors (Lipinski definition) is 1. The molecular formula is C12H13ClN2S. The first-order valence-corrected chi connectivity index (χ1v) is 6.41. The average molecular weight is 253 g/mol. The van der Waals surface area contributed by atoms with Gasteiger partial charge in [-0.1, -0.05) is 24.6 Å². The zero-order valence-electron chi connectivity index (χ0n) is 9.03. The second-order valence-corrected chi connectivity index (χ2v) is 5.22. The summed E-state index contributed by atoms with van der Waals surface area (Å²) in [5.41, 5.74) is 1.24. The standard InChI is InChI=1S/C12H13ClN2S/c1-2-9-4-3-7-14-12(9)15-8-10-5-6-11(13)16-10/h3-7H,2,8H2,1H3,(H,14,15). The van der Waals surface area contributed by atoms with Crippen molar-refractivity contribution in [1.82, 2.24) is 4.98 Å². The number of nitrogens with zero attached hydrogens (tertiary/aromatic N) is 1. The van der Waals surface area contributed by atoms with Gasteiger partial charge in [0.05, 0.1) is 10.9 Å². The van der Waals surface area contributed by atoms with Crippen LogP contribution in [-0.2, 0) is 13.0 Å². The van der Waals surface area contributed by atoms with Gasteiger partial charge in [0.2, 0.25) is 0 Å². The first-order valence-electron chi connectivity index (χ1n) is 5.21. The third kappa shape index (κ3) is 2.74. The molecule has 2 nitrogen and oxygen atoms in total. The molecule has 4 heteroatoms. The Morgan fingerprint density at radius 3 is 2.94 bits per heavy atom. The molecule has 0 radical (unpaired) electrons. The molecule has 2 aromatic rings. The van der Waals surface area contributed by atoms with Gasteiger partial charge < -0.3 is 5.32 Å². The third-order valence-electron chi connectivity index (χ3n) is 2.33. The minimum Gasteiger partial charge on any atom is -0.365 e. The van der Waals surface area contributed by atoms with E-state index in [0.29, 0.717) is 0 Å². The van der Waals surface area contributed by atoms with Gasteiger partial charge in [-0.15, -0.1) is 11.3 Å². The fraction of sp³-hybridized carbons (Fsp3) is 0.250. The summed E-state index contributed by atoms with van der Waals surface area (Å²) in [6.45, 7) is 2.91. The summed E-state index contributed by atoms with van der Waals surface area (Å²) in [7, 11) is 0. The van der Waals surface area contributed by atoms with Crippen LogP contribution in [0.2, 0.25) is 4.34 Å². The molecule has 0 atom stereocenters. The number of aryl methyl sites for hydroxylation is 1. The highest BCUT2D eigenvalue weighted by Gasteiger charge is 2.02. The molecule has 1 N–H and O–H groups in total. The lowest BCUT2D eigenvalue weighted by Gasteiger charge is -2.07. The Labute approximate surface area is 104 Å². The van der Waals surface area contributed by atoms with Crippen LogP contribution in [0.4, 0.5) is 5.82 Å². The molecule has 0 bridgehead atoms. The van der Waals surface area contributed by atoms with Crippen molar-refractivity contribution in [3.63, 3.8) is 0 Å². The fourth-order valence-corrected chi connectivity index (χ4v) is 2.53. The molecule has 0 unspecified atom stereocenters. The van der Waals surface area contributed by atoms with E-state index < -0.39 is 0 Å². The maximum absolute atomic E-state index is 5.88. The zero-order valence-corrected chi connectivity index (χ0v) is 10.6. The quantitative estimate of drug-likeness (QED) is 0.891. The summed E-state index contributed by atoms with van der Waals surface area (Å²) in [5.74, 6) is 0.967. The molecule has 16 heavy (non-hydrogen) atoms. The van der Waals surface area contributed by atoms with Crippen LogP contribution < -0.4 is 5.32 Å². The second kappa shape index (κ2) is 5.32. The number of halogens is 1. The van der Waals surface area contributed by atoms with E-state index in [-0.39, 0.29) is 0 Å².